The second kappa shape index (κ2) is 4.18. The number of rotatable bonds is 2. The summed E-state index contributed by atoms with van der Waals surface area (Å²) in [6, 6.07) is 14.1. The molecule has 0 unspecified atom stereocenters. The van der Waals surface area contributed by atoms with Gasteiger partial charge < -0.3 is 0 Å². The van der Waals surface area contributed by atoms with Crippen LogP contribution in [0.3, 0.4) is 0 Å². The number of hydrogen-bond donors (Lipinski definition) is 2. The quantitative estimate of drug-likeness (QED) is 0.470. The lowest BCUT2D eigenvalue weighted by Crippen LogP contribution is -2.43. The third-order valence-electron chi connectivity index (χ3n) is 3.17. The summed E-state index contributed by atoms with van der Waals surface area (Å²) in [5.74, 6) is 5.02. The Morgan fingerprint density at radius 3 is 2.41 bits per heavy atom. The highest BCUT2D eigenvalue weighted by Crippen LogP contribution is 2.26. The number of hydrogen-bond acceptors (Lipinski definition) is 2. The first-order valence-corrected chi connectivity index (χ1v) is 5.56. The Balaban J connectivity index is 2.53. The average molecular weight is 228 g/mol. The minimum absolute atomic E-state index is 0.187. The number of nitrogens with one attached hydrogen (secondary N) is 1. The molecule has 0 heterocycles. The van der Waals surface area contributed by atoms with Crippen LogP contribution in [0.2, 0.25) is 0 Å². The molecule has 0 atom stereocenters. The molecule has 0 radical (unpaired) electrons. The van der Waals surface area contributed by atoms with Crippen LogP contribution < -0.4 is 11.3 Å². The van der Waals surface area contributed by atoms with Gasteiger partial charge in [0.2, 0.25) is 5.91 Å². The van der Waals surface area contributed by atoms with E-state index in [-0.39, 0.29) is 5.91 Å². The van der Waals surface area contributed by atoms with E-state index >= 15 is 0 Å². The summed E-state index contributed by atoms with van der Waals surface area (Å²) in [6.45, 7) is 3.72. The summed E-state index contributed by atoms with van der Waals surface area (Å²) < 4.78 is 0. The van der Waals surface area contributed by atoms with Crippen LogP contribution in [0, 0.1) is 0 Å². The Kier molecular flexibility index (Phi) is 2.86. The number of benzene rings is 2. The van der Waals surface area contributed by atoms with Crippen molar-refractivity contribution in [1.82, 2.24) is 5.43 Å². The van der Waals surface area contributed by atoms with E-state index in [9.17, 15) is 4.79 Å². The van der Waals surface area contributed by atoms with Crippen molar-refractivity contribution in [1.29, 1.82) is 0 Å². The molecule has 0 spiro atoms. The first-order chi connectivity index (χ1) is 8.05. The van der Waals surface area contributed by atoms with Gasteiger partial charge in [-0.25, -0.2) is 5.84 Å². The Hall–Kier alpha value is -1.87. The molecule has 88 valence electrons. The van der Waals surface area contributed by atoms with E-state index in [1.165, 1.54) is 5.39 Å². The summed E-state index contributed by atoms with van der Waals surface area (Å²) in [4.78, 5) is 11.7. The van der Waals surface area contributed by atoms with E-state index in [1.54, 1.807) is 0 Å². The van der Waals surface area contributed by atoms with Crippen molar-refractivity contribution >= 4 is 16.7 Å². The lowest BCUT2D eigenvalue weighted by molar-refractivity contribution is -0.125. The normalized spacial score (nSPS) is 11.5. The van der Waals surface area contributed by atoms with Crippen LogP contribution in [0.25, 0.3) is 10.8 Å². The zero-order valence-electron chi connectivity index (χ0n) is 10.0. The standard InChI is InChI=1S/C14H16N2O/c1-14(2,13(17)16-15)12-8-7-10-5-3-4-6-11(10)9-12/h3-9H,15H2,1-2H3,(H,16,17). The third kappa shape index (κ3) is 2.01. The highest BCUT2D eigenvalue weighted by atomic mass is 16.2. The Morgan fingerprint density at radius 1 is 1.12 bits per heavy atom. The van der Waals surface area contributed by atoms with Gasteiger partial charge in [-0.05, 0) is 30.2 Å². The van der Waals surface area contributed by atoms with Crippen LogP contribution in [0.1, 0.15) is 19.4 Å². The molecule has 2 aromatic rings. The zero-order chi connectivity index (χ0) is 12.5. The van der Waals surface area contributed by atoms with Crippen molar-refractivity contribution in [2.24, 2.45) is 5.84 Å². The maximum absolute atomic E-state index is 11.7. The van der Waals surface area contributed by atoms with Crippen LogP contribution in [0.5, 0.6) is 0 Å². The molecule has 1 amide bonds. The summed E-state index contributed by atoms with van der Waals surface area (Å²) in [6.07, 6.45) is 0. The molecule has 3 N–H and O–H groups in total. The molecule has 0 aliphatic rings. The Morgan fingerprint density at radius 2 is 1.76 bits per heavy atom. The average Bonchev–Trinajstić information content (AvgIpc) is 2.37. The van der Waals surface area contributed by atoms with Crippen LogP contribution in [-0.4, -0.2) is 5.91 Å². The summed E-state index contributed by atoms with van der Waals surface area (Å²) >= 11 is 0. The molecule has 17 heavy (non-hydrogen) atoms. The maximum atomic E-state index is 11.7. The SMILES string of the molecule is CC(C)(C(=O)NN)c1ccc2ccccc2c1. The van der Waals surface area contributed by atoms with E-state index < -0.39 is 5.41 Å². The first-order valence-electron chi connectivity index (χ1n) is 5.56. The molecule has 0 saturated carbocycles. The second-order valence-electron chi connectivity index (χ2n) is 4.66. The van der Waals surface area contributed by atoms with Crippen LogP contribution >= 0.6 is 0 Å². The van der Waals surface area contributed by atoms with Crippen molar-refractivity contribution in [2.45, 2.75) is 19.3 Å². The van der Waals surface area contributed by atoms with Crippen LogP contribution in [0.15, 0.2) is 42.5 Å². The summed E-state index contributed by atoms with van der Waals surface area (Å²) in [5.41, 5.74) is 2.54. The molecule has 0 aliphatic heterocycles. The fraction of sp³-hybridized carbons (Fsp3) is 0.214. The summed E-state index contributed by atoms with van der Waals surface area (Å²) in [7, 11) is 0. The molecule has 0 saturated heterocycles. The molecule has 0 fully saturated rings. The van der Waals surface area contributed by atoms with Crippen molar-refractivity contribution in [3.05, 3.63) is 48.0 Å². The molecule has 2 aromatic carbocycles. The molecule has 0 aromatic heterocycles. The number of carbonyl (C=O) groups is 1. The molecule has 3 nitrogen and oxygen atoms in total. The third-order valence-corrected chi connectivity index (χ3v) is 3.17. The Bertz CT molecular complexity index is 561. The minimum atomic E-state index is -0.626. The van der Waals surface area contributed by atoms with Gasteiger partial charge in [-0.3, -0.25) is 10.2 Å². The fourth-order valence-corrected chi connectivity index (χ4v) is 1.89. The van der Waals surface area contributed by atoms with Crippen molar-refractivity contribution in [3.63, 3.8) is 0 Å². The molecular weight excluding hydrogens is 212 g/mol. The first kappa shape index (κ1) is 11.6. The summed E-state index contributed by atoms with van der Waals surface area (Å²) in [5, 5.41) is 2.29. The molecular formula is C14H16N2O. The highest BCUT2D eigenvalue weighted by molar-refractivity contribution is 5.90. The van der Waals surface area contributed by atoms with Crippen molar-refractivity contribution in [2.75, 3.05) is 0 Å². The Labute approximate surface area is 101 Å². The van der Waals surface area contributed by atoms with Gasteiger partial charge in [-0.15, -0.1) is 0 Å². The lowest BCUT2D eigenvalue weighted by Gasteiger charge is -2.23. The number of amides is 1. The van der Waals surface area contributed by atoms with Gasteiger partial charge in [-0.2, -0.15) is 0 Å². The van der Waals surface area contributed by atoms with Crippen LogP contribution in [0.4, 0.5) is 0 Å². The molecule has 2 rings (SSSR count). The van der Waals surface area contributed by atoms with Gasteiger partial charge in [0.15, 0.2) is 0 Å². The van der Waals surface area contributed by atoms with Gasteiger partial charge in [0, 0.05) is 0 Å². The highest BCUT2D eigenvalue weighted by Gasteiger charge is 2.29. The maximum Gasteiger partial charge on any atom is 0.243 e. The number of hydrazine groups is 1. The largest absolute Gasteiger partial charge is 0.294 e. The second-order valence-corrected chi connectivity index (χ2v) is 4.66. The fourth-order valence-electron chi connectivity index (χ4n) is 1.89. The van der Waals surface area contributed by atoms with E-state index in [2.05, 4.69) is 11.5 Å². The van der Waals surface area contributed by atoms with Crippen molar-refractivity contribution in [3.8, 4) is 0 Å². The topological polar surface area (TPSA) is 55.1 Å². The number of fused-ring (bicyclic) bond motifs is 1. The number of carbonyl (C=O) groups excluding carboxylic acids is 1. The zero-order valence-corrected chi connectivity index (χ0v) is 10.0. The van der Waals surface area contributed by atoms with E-state index in [1.807, 2.05) is 50.2 Å². The predicted molar refractivity (Wildman–Crippen MR) is 69.3 cm³/mol. The van der Waals surface area contributed by atoms with E-state index in [0.717, 1.165) is 10.9 Å². The van der Waals surface area contributed by atoms with E-state index in [0.29, 0.717) is 0 Å². The molecule has 0 bridgehead atoms. The number of nitrogens with two attached hydrogens (primary N) is 1. The van der Waals surface area contributed by atoms with Gasteiger partial charge in [0.1, 0.15) is 0 Å². The van der Waals surface area contributed by atoms with Gasteiger partial charge in [0.05, 0.1) is 5.41 Å². The lowest BCUT2D eigenvalue weighted by atomic mass is 9.83. The van der Waals surface area contributed by atoms with E-state index in [4.69, 9.17) is 5.84 Å². The predicted octanol–water partition coefficient (Wildman–Crippen LogP) is 2.11. The smallest absolute Gasteiger partial charge is 0.243 e. The monoisotopic (exact) mass is 228 g/mol. The van der Waals surface area contributed by atoms with Crippen molar-refractivity contribution < 1.29 is 4.79 Å². The van der Waals surface area contributed by atoms with Crippen LogP contribution in [-0.2, 0) is 10.2 Å². The minimum Gasteiger partial charge on any atom is -0.294 e. The van der Waals surface area contributed by atoms with Gasteiger partial charge >= 0.3 is 0 Å². The molecule has 3 heteroatoms. The van der Waals surface area contributed by atoms with Gasteiger partial charge in [0.25, 0.3) is 0 Å². The van der Waals surface area contributed by atoms with Gasteiger partial charge in [-0.1, -0.05) is 42.5 Å². The molecule has 0 aliphatic carbocycles.